The van der Waals surface area contributed by atoms with E-state index in [2.05, 4.69) is 15.3 Å². The molecule has 3 aliphatic rings. The SMILES string of the molecule is Cc1ncc([C@@H](c2ccc3c(nnn3C3CC3)c2C)C(C)(C)C(=O)O)cc1CN1CC2(CCOCC2)Oc2ncccc2S1(=O)=O. The van der Waals surface area contributed by atoms with Gasteiger partial charge in [-0.1, -0.05) is 17.3 Å². The number of aromatic nitrogens is 5. The number of aliphatic carboxylic acids is 1. The molecule has 1 saturated carbocycles. The van der Waals surface area contributed by atoms with E-state index in [4.69, 9.17) is 14.5 Å². The molecule has 46 heavy (non-hydrogen) atoms. The third-order valence-electron chi connectivity index (χ3n) is 9.84. The number of rotatable bonds is 7. The molecule has 1 aromatic carbocycles. The number of sulfonamides is 1. The average molecular weight is 647 g/mol. The number of carboxylic acid groups (broad SMARTS) is 1. The minimum atomic E-state index is -4.00. The highest BCUT2D eigenvalue weighted by Crippen LogP contribution is 2.45. The Labute approximate surface area is 267 Å². The molecule has 1 N–H and O–H groups in total. The van der Waals surface area contributed by atoms with Crippen molar-refractivity contribution in [1.29, 1.82) is 0 Å². The molecule has 0 unspecified atom stereocenters. The normalized spacial score (nSPS) is 20.2. The minimum absolute atomic E-state index is 0.0215. The second kappa shape index (κ2) is 11.1. The molecule has 4 aromatic rings. The lowest BCUT2D eigenvalue weighted by molar-refractivity contribution is -0.147. The standard InChI is InChI=1S/C33H38N6O6S/c1-20-25(9-10-26-29(20)36-37-39(26)24-7-8-24)28(32(3,4)31(40)41)22-16-23(21(2)35-17-22)18-38-19-33(11-14-44-15-12-33)45-30-27(46(38,42)43)6-5-13-34-30/h5-6,9-10,13,16-17,24,28H,7-8,11-12,14-15,18-19H2,1-4H3,(H,40,41)/t28-/m0/s1. The zero-order valence-electron chi connectivity index (χ0n) is 26.4. The third kappa shape index (κ3) is 5.14. The number of nitrogens with zero attached hydrogens (tertiary/aromatic N) is 6. The summed E-state index contributed by atoms with van der Waals surface area (Å²) in [5.41, 5.74) is 3.35. The summed E-state index contributed by atoms with van der Waals surface area (Å²) in [6.07, 6.45) is 6.43. The van der Waals surface area contributed by atoms with E-state index in [1.807, 2.05) is 36.7 Å². The van der Waals surface area contributed by atoms with Crippen LogP contribution in [0, 0.1) is 19.3 Å². The van der Waals surface area contributed by atoms with Crippen molar-refractivity contribution in [2.24, 2.45) is 5.41 Å². The van der Waals surface area contributed by atoms with Crippen LogP contribution in [0.1, 0.15) is 79.4 Å². The first-order valence-electron chi connectivity index (χ1n) is 15.7. The molecule has 0 radical (unpaired) electrons. The number of aryl methyl sites for hydroxylation is 2. The van der Waals surface area contributed by atoms with Gasteiger partial charge >= 0.3 is 5.97 Å². The van der Waals surface area contributed by atoms with Crippen LogP contribution >= 0.6 is 0 Å². The van der Waals surface area contributed by atoms with E-state index in [1.165, 1.54) is 16.6 Å². The summed E-state index contributed by atoms with van der Waals surface area (Å²) in [6, 6.07) is 9.33. The topological polar surface area (TPSA) is 150 Å². The monoisotopic (exact) mass is 646 g/mol. The number of ether oxygens (including phenoxy) is 2. The zero-order valence-corrected chi connectivity index (χ0v) is 27.2. The van der Waals surface area contributed by atoms with Crippen molar-refractivity contribution >= 4 is 27.0 Å². The van der Waals surface area contributed by atoms with Gasteiger partial charge in [0.2, 0.25) is 15.9 Å². The van der Waals surface area contributed by atoms with Crippen LogP contribution < -0.4 is 4.74 Å². The molecule has 1 aliphatic carbocycles. The summed E-state index contributed by atoms with van der Waals surface area (Å²) in [5.74, 6) is -1.47. The fraction of sp³-hybridized carbons (Fsp3) is 0.485. The molecule has 7 rings (SSSR count). The van der Waals surface area contributed by atoms with Gasteiger partial charge in [-0.05, 0) is 81.0 Å². The molecule has 0 bridgehead atoms. The molecular formula is C33H38N6O6S. The van der Waals surface area contributed by atoms with Crippen molar-refractivity contribution < 1.29 is 27.8 Å². The number of carboxylic acids is 1. The number of fused-ring (bicyclic) bond motifs is 2. The fourth-order valence-electron chi connectivity index (χ4n) is 6.85. The number of hydrogen-bond donors (Lipinski definition) is 1. The Bertz CT molecular complexity index is 1950. The summed E-state index contributed by atoms with van der Waals surface area (Å²) < 4.78 is 43.7. The summed E-state index contributed by atoms with van der Waals surface area (Å²) in [7, 11) is -4.00. The number of benzene rings is 1. The van der Waals surface area contributed by atoms with Crippen molar-refractivity contribution in [1.82, 2.24) is 29.3 Å². The van der Waals surface area contributed by atoms with Gasteiger partial charge in [-0.15, -0.1) is 5.10 Å². The van der Waals surface area contributed by atoms with Crippen LogP contribution in [0.2, 0.25) is 0 Å². The van der Waals surface area contributed by atoms with Crippen LogP contribution in [-0.4, -0.2) is 74.1 Å². The molecule has 2 aliphatic heterocycles. The fourth-order valence-corrected chi connectivity index (χ4v) is 8.40. The Kier molecular flexibility index (Phi) is 7.41. The molecule has 0 amide bonds. The maximum Gasteiger partial charge on any atom is 0.310 e. The van der Waals surface area contributed by atoms with Gasteiger partial charge in [-0.3, -0.25) is 9.78 Å². The quantitative estimate of drug-likeness (QED) is 0.303. The third-order valence-corrected chi connectivity index (χ3v) is 11.6. The first-order chi connectivity index (χ1) is 21.9. The number of hydrogen-bond acceptors (Lipinski definition) is 9. The van der Waals surface area contributed by atoms with Gasteiger partial charge in [-0.25, -0.2) is 18.1 Å². The van der Waals surface area contributed by atoms with E-state index >= 15 is 0 Å². The highest BCUT2D eigenvalue weighted by atomic mass is 32.2. The van der Waals surface area contributed by atoms with Gasteiger partial charge in [-0.2, -0.15) is 4.31 Å². The van der Waals surface area contributed by atoms with E-state index in [1.54, 1.807) is 26.1 Å². The second-order valence-corrected chi connectivity index (χ2v) is 15.3. The van der Waals surface area contributed by atoms with Crippen LogP contribution in [0.4, 0.5) is 0 Å². The maximum absolute atomic E-state index is 14.1. The van der Waals surface area contributed by atoms with Crippen molar-refractivity contribution in [3.8, 4) is 5.88 Å². The average Bonchev–Trinajstić information content (AvgIpc) is 3.78. The Morgan fingerprint density at radius 1 is 1.15 bits per heavy atom. The van der Waals surface area contributed by atoms with Crippen LogP contribution in [-0.2, 0) is 26.1 Å². The highest BCUT2D eigenvalue weighted by molar-refractivity contribution is 7.89. The smallest absolute Gasteiger partial charge is 0.310 e. The van der Waals surface area contributed by atoms with E-state index in [9.17, 15) is 18.3 Å². The predicted octanol–water partition coefficient (Wildman–Crippen LogP) is 4.55. The van der Waals surface area contributed by atoms with Crippen molar-refractivity contribution in [3.05, 3.63) is 70.7 Å². The summed E-state index contributed by atoms with van der Waals surface area (Å²) in [4.78, 5) is 21.8. The van der Waals surface area contributed by atoms with Crippen LogP contribution in [0.15, 0.2) is 47.6 Å². The highest BCUT2D eigenvalue weighted by Gasteiger charge is 2.46. The van der Waals surface area contributed by atoms with Gasteiger partial charge in [0.15, 0.2) is 0 Å². The number of pyridine rings is 2. The Balaban J connectivity index is 1.32. The summed E-state index contributed by atoms with van der Waals surface area (Å²) in [6.45, 7) is 8.27. The van der Waals surface area contributed by atoms with Gasteiger partial charge in [0, 0.05) is 43.4 Å². The summed E-state index contributed by atoms with van der Waals surface area (Å²) in [5, 5.41) is 19.4. The molecule has 3 aromatic heterocycles. The van der Waals surface area contributed by atoms with Crippen LogP contribution in [0.25, 0.3) is 11.0 Å². The number of carbonyl (C=O) groups is 1. The zero-order chi connectivity index (χ0) is 32.4. The van der Waals surface area contributed by atoms with Crippen molar-refractivity contribution in [3.63, 3.8) is 0 Å². The lowest BCUT2D eigenvalue weighted by atomic mass is 9.70. The molecule has 1 saturated heterocycles. The molecule has 242 valence electrons. The van der Waals surface area contributed by atoms with Crippen LogP contribution in [0.5, 0.6) is 5.88 Å². The van der Waals surface area contributed by atoms with Crippen molar-refractivity contribution in [2.75, 3.05) is 19.8 Å². The van der Waals surface area contributed by atoms with Crippen LogP contribution in [0.3, 0.4) is 0 Å². The van der Waals surface area contributed by atoms with Gasteiger partial charge in [0.05, 0.1) is 36.7 Å². The lowest BCUT2D eigenvalue weighted by Crippen LogP contribution is -2.50. The van der Waals surface area contributed by atoms with E-state index < -0.39 is 32.9 Å². The molecule has 5 heterocycles. The first-order valence-corrected chi connectivity index (χ1v) is 17.1. The largest absolute Gasteiger partial charge is 0.481 e. The minimum Gasteiger partial charge on any atom is -0.481 e. The molecule has 1 spiro atoms. The summed E-state index contributed by atoms with van der Waals surface area (Å²) >= 11 is 0. The molecule has 1 atom stereocenters. The second-order valence-electron chi connectivity index (χ2n) is 13.4. The van der Waals surface area contributed by atoms with Gasteiger partial charge in [0.1, 0.15) is 16.0 Å². The lowest BCUT2D eigenvalue weighted by Gasteiger charge is -2.38. The Hall–Kier alpha value is -3.94. The molecule has 13 heteroatoms. The first kappa shape index (κ1) is 30.7. The van der Waals surface area contributed by atoms with E-state index in [-0.39, 0.29) is 23.9 Å². The van der Waals surface area contributed by atoms with Crippen molar-refractivity contribution in [2.45, 2.75) is 82.4 Å². The molecule has 12 nitrogen and oxygen atoms in total. The maximum atomic E-state index is 14.1. The Morgan fingerprint density at radius 2 is 1.91 bits per heavy atom. The predicted molar refractivity (Wildman–Crippen MR) is 168 cm³/mol. The van der Waals surface area contributed by atoms with E-state index in [0.29, 0.717) is 48.9 Å². The van der Waals surface area contributed by atoms with Gasteiger partial charge in [0.25, 0.3) is 0 Å². The van der Waals surface area contributed by atoms with E-state index in [0.717, 1.165) is 35.0 Å². The van der Waals surface area contributed by atoms with Gasteiger partial charge < -0.3 is 14.6 Å². The Morgan fingerprint density at radius 3 is 2.63 bits per heavy atom. The molecule has 2 fully saturated rings. The molecular weight excluding hydrogens is 608 g/mol.